The summed E-state index contributed by atoms with van der Waals surface area (Å²) in [6.07, 6.45) is 2.42. The van der Waals surface area contributed by atoms with Crippen LogP contribution < -0.4 is 10.5 Å². The molecule has 0 fully saturated rings. The molecule has 0 aliphatic heterocycles. The van der Waals surface area contributed by atoms with Crippen LogP contribution in [0.2, 0.25) is 0 Å². The number of methoxy groups -OCH3 is 1. The third-order valence-electron chi connectivity index (χ3n) is 5.59. The number of aryl methyl sites for hydroxylation is 1. The number of hydrogen-bond acceptors (Lipinski definition) is 2. The molecule has 1 aromatic heterocycles. The van der Waals surface area contributed by atoms with Gasteiger partial charge < -0.3 is 15.0 Å². The third kappa shape index (κ3) is 4.08. The number of ether oxygens (including phenoxy) is 1. The molecule has 0 aliphatic rings. The summed E-state index contributed by atoms with van der Waals surface area (Å²) in [5.74, 6) is 0.363. The van der Waals surface area contributed by atoms with E-state index in [1.54, 1.807) is 7.11 Å². The molecule has 3 aromatic carbocycles. The quantitative estimate of drug-likeness (QED) is 0.475. The number of aromatic nitrogens is 1. The second-order valence-corrected chi connectivity index (χ2v) is 7.71. The minimum absolute atomic E-state index is 0.113. The van der Waals surface area contributed by atoms with E-state index in [4.69, 9.17) is 10.5 Å². The Morgan fingerprint density at radius 1 is 1.00 bits per heavy atom. The predicted molar refractivity (Wildman–Crippen MR) is 121 cm³/mol. The monoisotopic (exact) mass is 398 g/mol. The number of nitrogens with two attached hydrogens (primary N) is 1. The Bertz CT molecular complexity index is 1160. The van der Waals surface area contributed by atoms with Crippen molar-refractivity contribution in [1.82, 2.24) is 4.57 Å². The molecule has 30 heavy (non-hydrogen) atoms. The van der Waals surface area contributed by atoms with Gasteiger partial charge in [0.05, 0.1) is 7.11 Å². The highest BCUT2D eigenvalue weighted by Gasteiger charge is 2.22. The van der Waals surface area contributed by atoms with Gasteiger partial charge >= 0.3 is 0 Å². The van der Waals surface area contributed by atoms with Crippen molar-refractivity contribution in [1.29, 1.82) is 0 Å². The first-order valence-electron chi connectivity index (χ1n) is 10.1. The van der Waals surface area contributed by atoms with Crippen LogP contribution in [0.1, 0.15) is 34.6 Å². The molecule has 0 bridgehead atoms. The lowest BCUT2D eigenvalue weighted by atomic mass is 9.88. The summed E-state index contributed by atoms with van der Waals surface area (Å²) in [4.78, 5) is 11.9. The van der Waals surface area contributed by atoms with Crippen molar-refractivity contribution in [3.63, 3.8) is 0 Å². The van der Waals surface area contributed by atoms with Crippen LogP contribution in [-0.4, -0.2) is 17.6 Å². The van der Waals surface area contributed by atoms with Crippen LogP contribution >= 0.6 is 0 Å². The number of primary amides is 1. The summed E-state index contributed by atoms with van der Waals surface area (Å²) in [5.41, 5.74) is 11.4. The molecule has 4 heteroatoms. The summed E-state index contributed by atoms with van der Waals surface area (Å²) in [6.45, 7) is 2.86. The van der Waals surface area contributed by atoms with E-state index in [1.165, 1.54) is 11.1 Å². The van der Waals surface area contributed by atoms with Gasteiger partial charge in [-0.3, -0.25) is 4.79 Å². The zero-order valence-corrected chi connectivity index (χ0v) is 17.3. The van der Waals surface area contributed by atoms with Crippen molar-refractivity contribution >= 4 is 16.8 Å². The summed E-state index contributed by atoms with van der Waals surface area (Å²) in [5, 5.41) is 1.15. The SMILES string of the molecule is COc1ccc([C@H](CC(N)=O)c2cn(Cc3ccc(C)cc3)c3ccccc23)cc1. The van der Waals surface area contributed by atoms with Crippen molar-refractivity contribution in [2.75, 3.05) is 7.11 Å². The zero-order valence-electron chi connectivity index (χ0n) is 17.3. The molecule has 0 spiro atoms. The van der Waals surface area contributed by atoms with E-state index in [0.717, 1.165) is 34.3 Å². The first kappa shape index (κ1) is 19.8. The summed E-state index contributed by atoms with van der Waals surface area (Å²) in [6, 6.07) is 24.8. The second-order valence-electron chi connectivity index (χ2n) is 7.71. The van der Waals surface area contributed by atoms with Crippen molar-refractivity contribution < 1.29 is 9.53 Å². The largest absolute Gasteiger partial charge is 0.497 e. The first-order valence-corrected chi connectivity index (χ1v) is 10.1. The molecule has 0 saturated carbocycles. The number of para-hydroxylation sites is 1. The van der Waals surface area contributed by atoms with Gasteiger partial charge in [-0.15, -0.1) is 0 Å². The summed E-state index contributed by atoms with van der Waals surface area (Å²) < 4.78 is 7.55. The van der Waals surface area contributed by atoms with Gasteiger partial charge in [-0.1, -0.05) is 60.2 Å². The molecule has 4 nitrogen and oxygen atoms in total. The molecule has 152 valence electrons. The molecule has 0 aliphatic carbocycles. The fourth-order valence-corrected chi connectivity index (χ4v) is 4.02. The lowest BCUT2D eigenvalue weighted by Crippen LogP contribution is -2.16. The molecule has 0 radical (unpaired) electrons. The van der Waals surface area contributed by atoms with Crippen molar-refractivity contribution in [2.45, 2.75) is 25.8 Å². The Hall–Kier alpha value is -3.53. The molecule has 1 heterocycles. The van der Waals surface area contributed by atoms with Gasteiger partial charge in [-0.05, 0) is 41.8 Å². The molecular weight excluding hydrogens is 372 g/mol. The molecule has 0 saturated heterocycles. The lowest BCUT2D eigenvalue weighted by molar-refractivity contribution is -0.118. The topological polar surface area (TPSA) is 57.2 Å². The predicted octanol–water partition coefficient (Wildman–Crippen LogP) is 5.01. The molecular formula is C26H26N2O2. The first-order chi connectivity index (χ1) is 14.5. The number of carbonyl (C=O) groups is 1. The normalized spacial score (nSPS) is 12.1. The third-order valence-corrected chi connectivity index (χ3v) is 5.59. The van der Waals surface area contributed by atoms with E-state index in [-0.39, 0.29) is 18.2 Å². The number of benzene rings is 3. The molecule has 1 amide bonds. The van der Waals surface area contributed by atoms with Crippen LogP contribution in [0.5, 0.6) is 5.75 Å². The van der Waals surface area contributed by atoms with Crippen LogP contribution in [0, 0.1) is 6.92 Å². The standard InChI is InChI=1S/C26H26N2O2/c1-18-7-9-19(10-8-18)16-28-17-24(22-5-3-4-6-25(22)28)23(15-26(27)29)20-11-13-21(30-2)14-12-20/h3-14,17,23H,15-16H2,1-2H3,(H2,27,29)/t23-/m0/s1. The molecule has 4 rings (SSSR count). The lowest BCUT2D eigenvalue weighted by Gasteiger charge is -2.16. The van der Waals surface area contributed by atoms with Crippen molar-refractivity contribution in [3.05, 3.63) is 101 Å². The second kappa shape index (κ2) is 8.46. The highest BCUT2D eigenvalue weighted by molar-refractivity contribution is 5.86. The number of carbonyl (C=O) groups excluding carboxylic acids is 1. The van der Waals surface area contributed by atoms with Crippen LogP contribution in [0.25, 0.3) is 10.9 Å². The highest BCUT2D eigenvalue weighted by atomic mass is 16.5. The number of rotatable bonds is 7. The van der Waals surface area contributed by atoms with Gasteiger partial charge in [0.15, 0.2) is 0 Å². The Morgan fingerprint density at radius 2 is 1.70 bits per heavy atom. The molecule has 1 atom stereocenters. The van der Waals surface area contributed by atoms with Gasteiger partial charge in [-0.2, -0.15) is 0 Å². The number of hydrogen-bond donors (Lipinski definition) is 1. The van der Waals surface area contributed by atoms with E-state index >= 15 is 0 Å². The van der Waals surface area contributed by atoms with E-state index in [1.807, 2.05) is 36.4 Å². The fraction of sp³-hybridized carbons (Fsp3) is 0.192. The molecule has 0 unspecified atom stereocenters. The zero-order chi connectivity index (χ0) is 21.1. The van der Waals surface area contributed by atoms with Crippen molar-refractivity contribution in [2.24, 2.45) is 5.73 Å². The summed E-state index contributed by atoms with van der Waals surface area (Å²) in [7, 11) is 1.65. The van der Waals surface area contributed by atoms with E-state index in [0.29, 0.717) is 0 Å². The minimum atomic E-state index is -0.314. The van der Waals surface area contributed by atoms with Crippen LogP contribution in [0.3, 0.4) is 0 Å². The Balaban J connectivity index is 1.80. The van der Waals surface area contributed by atoms with Gasteiger partial charge in [0, 0.05) is 36.0 Å². The van der Waals surface area contributed by atoms with Gasteiger partial charge in [0.1, 0.15) is 5.75 Å². The van der Waals surface area contributed by atoms with Gasteiger partial charge in [-0.25, -0.2) is 0 Å². The minimum Gasteiger partial charge on any atom is -0.497 e. The number of fused-ring (bicyclic) bond motifs is 1. The smallest absolute Gasteiger partial charge is 0.218 e. The Kier molecular flexibility index (Phi) is 5.57. The van der Waals surface area contributed by atoms with E-state index in [2.05, 4.69) is 54.1 Å². The highest BCUT2D eigenvalue weighted by Crippen LogP contribution is 2.35. The maximum Gasteiger partial charge on any atom is 0.218 e. The maximum absolute atomic E-state index is 11.9. The molecule has 4 aromatic rings. The Labute approximate surface area is 176 Å². The van der Waals surface area contributed by atoms with E-state index in [9.17, 15) is 4.79 Å². The average Bonchev–Trinajstić information content (AvgIpc) is 3.12. The van der Waals surface area contributed by atoms with Crippen LogP contribution in [-0.2, 0) is 11.3 Å². The van der Waals surface area contributed by atoms with Crippen molar-refractivity contribution in [3.8, 4) is 5.75 Å². The number of amides is 1. The maximum atomic E-state index is 11.9. The Morgan fingerprint density at radius 3 is 2.37 bits per heavy atom. The van der Waals surface area contributed by atoms with E-state index < -0.39 is 0 Å². The van der Waals surface area contributed by atoms with Crippen LogP contribution in [0.15, 0.2) is 79.0 Å². The van der Waals surface area contributed by atoms with Crippen LogP contribution in [0.4, 0.5) is 0 Å². The average molecular weight is 399 g/mol. The van der Waals surface area contributed by atoms with Gasteiger partial charge in [0.25, 0.3) is 0 Å². The summed E-state index contributed by atoms with van der Waals surface area (Å²) >= 11 is 0. The molecule has 2 N–H and O–H groups in total. The number of nitrogens with zero attached hydrogens (tertiary/aromatic N) is 1. The van der Waals surface area contributed by atoms with Gasteiger partial charge in [0.2, 0.25) is 5.91 Å². The fourth-order valence-electron chi connectivity index (χ4n) is 4.02.